The number of likely N-dealkylation sites (N-methyl/N-ethyl adjacent to an activating group) is 1. The Morgan fingerprint density at radius 2 is 1.94 bits per heavy atom. The number of aromatic nitrogens is 2. The summed E-state index contributed by atoms with van der Waals surface area (Å²) in [4.78, 5) is 24.8. The van der Waals surface area contributed by atoms with Crippen molar-refractivity contribution in [3.05, 3.63) is 65.7 Å². The van der Waals surface area contributed by atoms with Gasteiger partial charge in [0, 0.05) is 13.6 Å². The highest BCUT2D eigenvalue weighted by Crippen LogP contribution is 2.34. The molecule has 1 amide bonds. The number of nitrogens with one attached hydrogen (secondary N) is 1. The second-order valence-electron chi connectivity index (χ2n) is 7.35. The van der Waals surface area contributed by atoms with Crippen LogP contribution in [0, 0.1) is 5.82 Å². The molecule has 2 aromatic carbocycles. The first kappa shape index (κ1) is 19.1. The molecule has 1 N–H and O–H groups in total. The highest BCUT2D eigenvalue weighted by Gasteiger charge is 2.29. The maximum Gasteiger partial charge on any atom is 0.246 e. The molecular weight excluding hydrogens is 401 g/mol. The zero-order chi connectivity index (χ0) is 21.4. The topological polar surface area (TPSA) is 79.8 Å². The summed E-state index contributed by atoms with van der Waals surface area (Å²) in [7, 11) is 1.79. The van der Waals surface area contributed by atoms with E-state index in [1.165, 1.54) is 17.3 Å². The third-order valence-corrected chi connectivity index (χ3v) is 5.31. The molecular formula is C22H20FN5O3. The van der Waals surface area contributed by atoms with E-state index in [1.807, 2.05) is 18.2 Å². The van der Waals surface area contributed by atoms with E-state index in [0.29, 0.717) is 23.9 Å². The van der Waals surface area contributed by atoms with E-state index >= 15 is 0 Å². The maximum atomic E-state index is 14.5. The minimum atomic E-state index is -0.450. The van der Waals surface area contributed by atoms with Crippen molar-refractivity contribution in [3.8, 4) is 11.5 Å². The molecule has 0 radical (unpaired) electrons. The van der Waals surface area contributed by atoms with Gasteiger partial charge in [0.05, 0.1) is 24.3 Å². The van der Waals surface area contributed by atoms with Crippen LogP contribution in [-0.4, -0.2) is 36.3 Å². The maximum absolute atomic E-state index is 14.5. The average molecular weight is 421 g/mol. The van der Waals surface area contributed by atoms with Gasteiger partial charge in [0.1, 0.15) is 23.8 Å². The van der Waals surface area contributed by atoms with Crippen molar-refractivity contribution in [2.45, 2.75) is 13.1 Å². The number of carbonyl (C=O) groups is 1. The van der Waals surface area contributed by atoms with E-state index in [2.05, 4.69) is 15.3 Å². The summed E-state index contributed by atoms with van der Waals surface area (Å²) in [5.74, 6) is 1.99. The monoisotopic (exact) mass is 421 g/mol. The molecule has 2 aliphatic rings. The molecule has 0 spiro atoms. The van der Waals surface area contributed by atoms with Crippen LogP contribution in [0.25, 0.3) is 0 Å². The van der Waals surface area contributed by atoms with Crippen LogP contribution in [-0.2, 0) is 17.9 Å². The van der Waals surface area contributed by atoms with Gasteiger partial charge in [0.15, 0.2) is 11.5 Å². The van der Waals surface area contributed by atoms with E-state index in [9.17, 15) is 9.18 Å². The summed E-state index contributed by atoms with van der Waals surface area (Å²) in [6.45, 7) is 0.943. The van der Waals surface area contributed by atoms with Crippen molar-refractivity contribution in [2.24, 2.45) is 0 Å². The van der Waals surface area contributed by atoms with Crippen molar-refractivity contribution in [3.63, 3.8) is 0 Å². The summed E-state index contributed by atoms with van der Waals surface area (Å²) in [6, 6.07) is 12.0. The number of para-hydroxylation sites is 1. The second kappa shape index (κ2) is 7.75. The number of amides is 1. The molecule has 8 nitrogen and oxygen atoms in total. The predicted octanol–water partition coefficient (Wildman–Crippen LogP) is 2.94. The molecule has 0 aliphatic carbocycles. The highest BCUT2D eigenvalue weighted by molar-refractivity contribution is 5.98. The molecule has 0 atom stereocenters. The van der Waals surface area contributed by atoms with Crippen LogP contribution in [0.5, 0.6) is 11.5 Å². The van der Waals surface area contributed by atoms with Crippen LogP contribution in [0.4, 0.5) is 21.7 Å². The predicted molar refractivity (Wildman–Crippen MR) is 113 cm³/mol. The lowest BCUT2D eigenvalue weighted by Crippen LogP contribution is -2.36. The SMILES string of the molecule is CN1CC(=O)N(c2ccccc2F)Cc2c(NCc3ccc4c(c3)OCO4)ncnc21. The number of fused-ring (bicyclic) bond motifs is 2. The van der Waals surface area contributed by atoms with Crippen LogP contribution >= 0.6 is 0 Å². The first-order valence-electron chi connectivity index (χ1n) is 9.82. The normalized spacial score (nSPS) is 15.0. The van der Waals surface area contributed by atoms with Gasteiger partial charge in [-0.25, -0.2) is 14.4 Å². The number of halogens is 1. The molecule has 0 fully saturated rings. The van der Waals surface area contributed by atoms with E-state index in [-0.39, 0.29) is 31.5 Å². The van der Waals surface area contributed by atoms with Gasteiger partial charge in [-0.05, 0) is 29.8 Å². The molecule has 0 bridgehead atoms. The Balaban J connectivity index is 1.45. The molecule has 3 heterocycles. The number of anilines is 3. The Kier molecular flexibility index (Phi) is 4.78. The van der Waals surface area contributed by atoms with E-state index in [4.69, 9.17) is 9.47 Å². The Hall–Kier alpha value is -3.88. The van der Waals surface area contributed by atoms with Crippen molar-refractivity contribution < 1.29 is 18.7 Å². The molecule has 0 unspecified atom stereocenters. The average Bonchev–Trinajstić information content (AvgIpc) is 3.20. The Morgan fingerprint density at radius 3 is 2.81 bits per heavy atom. The summed E-state index contributed by atoms with van der Waals surface area (Å²) in [6.07, 6.45) is 1.46. The van der Waals surface area contributed by atoms with Gasteiger partial charge in [-0.2, -0.15) is 0 Å². The van der Waals surface area contributed by atoms with Crippen LogP contribution in [0.15, 0.2) is 48.8 Å². The number of ether oxygens (including phenoxy) is 2. The molecule has 9 heteroatoms. The smallest absolute Gasteiger partial charge is 0.246 e. The van der Waals surface area contributed by atoms with Gasteiger partial charge in [-0.1, -0.05) is 18.2 Å². The first-order valence-corrected chi connectivity index (χ1v) is 9.82. The summed E-state index contributed by atoms with van der Waals surface area (Å²) in [5.41, 5.74) is 1.94. The number of hydrogen-bond acceptors (Lipinski definition) is 7. The fourth-order valence-corrected chi connectivity index (χ4v) is 3.77. The number of nitrogens with zero attached hydrogens (tertiary/aromatic N) is 4. The van der Waals surface area contributed by atoms with Crippen LogP contribution < -0.4 is 24.6 Å². The van der Waals surface area contributed by atoms with Crippen LogP contribution in [0.3, 0.4) is 0 Å². The van der Waals surface area contributed by atoms with Crippen molar-refractivity contribution >= 4 is 23.2 Å². The van der Waals surface area contributed by atoms with Gasteiger partial charge in [-0.15, -0.1) is 0 Å². The largest absolute Gasteiger partial charge is 0.454 e. The zero-order valence-electron chi connectivity index (χ0n) is 16.8. The lowest BCUT2D eigenvalue weighted by molar-refractivity contribution is -0.117. The minimum Gasteiger partial charge on any atom is -0.454 e. The Morgan fingerprint density at radius 1 is 1.10 bits per heavy atom. The van der Waals surface area contributed by atoms with Crippen LogP contribution in [0.1, 0.15) is 11.1 Å². The second-order valence-corrected chi connectivity index (χ2v) is 7.35. The Labute approximate surface area is 178 Å². The van der Waals surface area contributed by atoms with Gasteiger partial charge in [0.25, 0.3) is 0 Å². The van der Waals surface area contributed by atoms with E-state index in [1.54, 1.807) is 30.1 Å². The van der Waals surface area contributed by atoms with Gasteiger partial charge in [-0.3, -0.25) is 4.79 Å². The summed E-state index contributed by atoms with van der Waals surface area (Å²) >= 11 is 0. The number of benzene rings is 2. The zero-order valence-corrected chi connectivity index (χ0v) is 16.8. The van der Waals surface area contributed by atoms with Gasteiger partial charge in [0.2, 0.25) is 12.7 Å². The Bertz CT molecular complexity index is 1160. The highest BCUT2D eigenvalue weighted by atomic mass is 19.1. The molecule has 5 rings (SSSR count). The van der Waals surface area contributed by atoms with E-state index in [0.717, 1.165) is 16.9 Å². The van der Waals surface area contributed by atoms with Gasteiger partial charge < -0.3 is 24.6 Å². The van der Waals surface area contributed by atoms with E-state index < -0.39 is 5.82 Å². The molecule has 31 heavy (non-hydrogen) atoms. The quantitative estimate of drug-likeness (QED) is 0.694. The molecule has 3 aromatic rings. The molecule has 0 saturated heterocycles. The summed E-state index contributed by atoms with van der Waals surface area (Å²) < 4.78 is 25.2. The lowest BCUT2D eigenvalue weighted by atomic mass is 10.2. The van der Waals surface area contributed by atoms with Crippen molar-refractivity contribution in [1.82, 2.24) is 9.97 Å². The number of rotatable bonds is 4. The van der Waals surface area contributed by atoms with Gasteiger partial charge >= 0.3 is 0 Å². The third kappa shape index (κ3) is 3.58. The molecule has 158 valence electrons. The third-order valence-electron chi connectivity index (χ3n) is 5.31. The van der Waals surface area contributed by atoms with Crippen LogP contribution in [0.2, 0.25) is 0 Å². The first-order chi connectivity index (χ1) is 15.1. The minimum absolute atomic E-state index is 0.0833. The fourth-order valence-electron chi connectivity index (χ4n) is 3.77. The van der Waals surface area contributed by atoms with Crippen molar-refractivity contribution in [1.29, 1.82) is 0 Å². The molecule has 0 saturated carbocycles. The molecule has 1 aromatic heterocycles. The standard InChI is InChI=1S/C22H20FN5O3/c1-27-11-20(29)28(17-5-3-2-4-16(17)23)10-15-21(25-12-26-22(15)27)24-9-14-6-7-18-19(8-14)31-13-30-18/h2-8,12H,9-11,13H2,1H3,(H,24,25,26). The number of hydrogen-bond donors (Lipinski definition) is 1. The number of carbonyl (C=O) groups excluding carboxylic acids is 1. The lowest BCUT2D eigenvalue weighted by Gasteiger charge is -2.22. The summed E-state index contributed by atoms with van der Waals surface area (Å²) in [5, 5.41) is 3.32. The van der Waals surface area contributed by atoms with Crippen molar-refractivity contribution in [2.75, 3.05) is 35.5 Å². The fraction of sp³-hybridized carbons (Fsp3) is 0.227. The molecule has 2 aliphatic heterocycles.